The second-order valence-corrected chi connectivity index (χ2v) is 7.06. The number of halogens is 1. The van der Waals surface area contributed by atoms with Crippen molar-refractivity contribution in [1.29, 1.82) is 0 Å². The lowest BCUT2D eigenvalue weighted by Crippen LogP contribution is -2.52. The van der Waals surface area contributed by atoms with Gasteiger partial charge in [-0.2, -0.15) is 0 Å². The van der Waals surface area contributed by atoms with E-state index in [0.717, 1.165) is 16.7 Å². The van der Waals surface area contributed by atoms with Gasteiger partial charge in [-0.25, -0.2) is 9.18 Å². The molecule has 2 atom stereocenters. The van der Waals surface area contributed by atoms with Crippen LogP contribution < -0.4 is 10.6 Å². The molecule has 0 radical (unpaired) electrons. The monoisotopic (exact) mass is 400 g/mol. The third kappa shape index (κ3) is 6.41. The van der Waals surface area contributed by atoms with Gasteiger partial charge in [0.1, 0.15) is 17.9 Å². The third-order valence-corrected chi connectivity index (χ3v) is 4.69. The van der Waals surface area contributed by atoms with Gasteiger partial charge >= 0.3 is 5.97 Å². The summed E-state index contributed by atoms with van der Waals surface area (Å²) in [6.45, 7) is 5.03. The highest BCUT2D eigenvalue weighted by molar-refractivity contribution is 5.90. The summed E-state index contributed by atoms with van der Waals surface area (Å²) in [7, 11) is 0. The topological polar surface area (TPSA) is 95.5 Å². The zero-order chi connectivity index (χ0) is 21.6. The summed E-state index contributed by atoms with van der Waals surface area (Å²) in [5.74, 6) is -2.71. The minimum Gasteiger partial charge on any atom is -0.480 e. The van der Waals surface area contributed by atoms with Gasteiger partial charge in [-0.1, -0.05) is 30.3 Å². The van der Waals surface area contributed by atoms with Crippen LogP contribution in [-0.2, 0) is 27.2 Å². The van der Waals surface area contributed by atoms with Crippen LogP contribution in [0.15, 0.2) is 42.5 Å². The molecule has 29 heavy (non-hydrogen) atoms. The first-order valence-electron chi connectivity index (χ1n) is 9.27. The van der Waals surface area contributed by atoms with Crippen molar-refractivity contribution in [2.45, 2.75) is 45.7 Å². The molecular weight excluding hydrogens is 375 g/mol. The molecule has 0 bridgehead atoms. The van der Waals surface area contributed by atoms with Gasteiger partial charge < -0.3 is 15.7 Å². The largest absolute Gasteiger partial charge is 0.480 e. The molecule has 0 fully saturated rings. The van der Waals surface area contributed by atoms with Gasteiger partial charge in [-0.05, 0) is 48.2 Å². The average molecular weight is 400 g/mol. The van der Waals surface area contributed by atoms with E-state index >= 15 is 0 Å². The Labute approximate surface area is 169 Å². The molecule has 0 aliphatic carbocycles. The van der Waals surface area contributed by atoms with E-state index in [1.54, 1.807) is 6.07 Å². The second-order valence-electron chi connectivity index (χ2n) is 7.06. The number of hydrogen-bond acceptors (Lipinski definition) is 3. The van der Waals surface area contributed by atoms with Gasteiger partial charge in [0, 0.05) is 19.8 Å². The summed E-state index contributed by atoms with van der Waals surface area (Å²) in [4.78, 5) is 36.1. The van der Waals surface area contributed by atoms with Crippen LogP contribution in [0.3, 0.4) is 0 Å². The van der Waals surface area contributed by atoms with Gasteiger partial charge in [-0.15, -0.1) is 0 Å². The highest BCUT2D eigenvalue weighted by Gasteiger charge is 2.27. The lowest BCUT2D eigenvalue weighted by atomic mass is 9.96. The molecule has 154 valence electrons. The Hall–Kier alpha value is -3.22. The van der Waals surface area contributed by atoms with Crippen LogP contribution in [0.4, 0.5) is 4.39 Å². The van der Waals surface area contributed by atoms with Crippen molar-refractivity contribution < 1.29 is 23.9 Å². The number of carboxylic acid groups (broad SMARTS) is 1. The van der Waals surface area contributed by atoms with E-state index < -0.39 is 35.7 Å². The van der Waals surface area contributed by atoms with E-state index in [-0.39, 0.29) is 12.8 Å². The molecule has 0 aromatic heterocycles. The summed E-state index contributed by atoms with van der Waals surface area (Å²) < 4.78 is 13.4. The summed E-state index contributed by atoms with van der Waals surface area (Å²) in [6, 6.07) is 9.16. The number of nitrogens with one attached hydrogen (secondary N) is 2. The van der Waals surface area contributed by atoms with Crippen LogP contribution in [0.2, 0.25) is 0 Å². The molecule has 7 heteroatoms. The summed E-state index contributed by atoms with van der Waals surface area (Å²) in [6.07, 6.45) is 0.158. The van der Waals surface area contributed by atoms with Crippen LogP contribution in [0.5, 0.6) is 0 Å². The van der Waals surface area contributed by atoms with Crippen molar-refractivity contribution in [1.82, 2.24) is 10.6 Å². The molecule has 0 saturated heterocycles. The summed E-state index contributed by atoms with van der Waals surface area (Å²) >= 11 is 0. The van der Waals surface area contributed by atoms with Gasteiger partial charge in [0.2, 0.25) is 11.8 Å². The second kappa shape index (κ2) is 9.82. The zero-order valence-corrected chi connectivity index (χ0v) is 16.7. The smallest absolute Gasteiger partial charge is 0.326 e. The molecule has 2 aromatic rings. The van der Waals surface area contributed by atoms with Crippen LogP contribution in [0.1, 0.15) is 29.2 Å². The SMILES string of the molecule is CC(=O)N[C@@H](Cc1cccc(F)c1)C(=O)N[C@H](Cc1c(C)cccc1C)C(=O)O. The number of benzene rings is 2. The molecule has 0 aliphatic heterocycles. The van der Waals surface area contributed by atoms with Crippen LogP contribution in [0, 0.1) is 19.7 Å². The Morgan fingerprint density at radius 3 is 2.14 bits per heavy atom. The van der Waals surface area contributed by atoms with Crippen LogP contribution >= 0.6 is 0 Å². The maximum atomic E-state index is 13.4. The van der Waals surface area contributed by atoms with Gasteiger partial charge in [0.25, 0.3) is 0 Å². The fraction of sp³-hybridized carbons (Fsp3) is 0.318. The number of carbonyl (C=O) groups is 3. The predicted molar refractivity (Wildman–Crippen MR) is 107 cm³/mol. The van der Waals surface area contributed by atoms with E-state index in [2.05, 4.69) is 10.6 Å². The number of carboxylic acids is 1. The highest BCUT2D eigenvalue weighted by Crippen LogP contribution is 2.16. The lowest BCUT2D eigenvalue weighted by molar-refractivity contribution is -0.142. The highest BCUT2D eigenvalue weighted by atomic mass is 19.1. The Bertz CT molecular complexity index is 893. The number of aryl methyl sites for hydroxylation is 2. The zero-order valence-electron chi connectivity index (χ0n) is 16.7. The third-order valence-electron chi connectivity index (χ3n) is 4.69. The Balaban J connectivity index is 2.19. The molecule has 2 rings (SSSR count). The summed E-state index contributed by atoms with van der Waals surface area (Å²) in [5, 5.41) is 14.6. The first-order valence-corrected chi connectivity index (χ1v) is 9.27. The average Bonchev–Trinajstić information content (AvgIpc) is 2.62. The molecular formula is C22H25FN2O4. The molecule has 0 heterocycles. The standard InChI is InChI=1S/C22H25FN2O4/c1-13-6-4-7-14(2)18(13)12-20(22(28)29)25-21(27)19(24-15(3)26)11-16-8-5-9-17(23)10-16/h4-10,19-20H,11-12H2,1-3H3,(H,24,26)(H,25,27)(H,28,29)/t19-,20+/m0/s1. The first kappa shape index (κ1) is 22.1. The van der Waals surface area contributed by atoms with E-state index in [9.17, 15) is 23.9 Å². The quantitative estimate of drug-likeness (QED) is 0.634. The fourth-order valence-corrected chi connectivity index (χ4v) is 3.20. The van der Waals surface area contributed by atoms with Gasteiger partial charge in [-0.3, -0.25) is 9.59 Å². The maximum absolute atomic E-state index is 13.4. The number of carbonyl (C=O) groups excluding carboxylic acids is 2. The van der Waals surface area contributed by atoms with Crippen molar-refractivity contribution in [3.8, 4) is 0 Å². The Kier molecular flexibility index (Phi) is 7.47. The number of aliphatic carboxylic acids is 1. The van der Waals surface area contributed by atoms with Crippen LogP contribution in [-0.4, -0.2) is 35.0 Å². The number of hydrogen-bond donors (Lipinski definition) is 3. The normalized spacial score (nSPS) is 12.7. The maximum Gasteiger partial charge on any atom is 0.326 e. The molecule has 6 nitrogen and oxygen atoms in total. The van der Waals surface area contributed by atoms with Crippen molar-refractivity contribution >= 4 is 17.8 Å². The van der Waals surface area contributed by atoms with E-state index in [1.807, 2.05) is 32.0 Å². The lowest BCUT2D eigenvalue weighted by Gasteiger charge is -2.22. The van der Waals surface area contributed by atoms with Gasteiger partial charge in [0.05, 0.1) is 0 Å². The van der Waals surface area contributed by atoms with Gasteiger partial charge in [0.15, 0.2) is 0 Å². The summed E-state index contributed by atoms with van der Waals surface area (Å²) in [5.41, 5.74) is 3.23. The van der Waals surface area contributed by atoms with E-state index in [0.29, 0.717) is 5.56 Å². The van der Waals surface area contributed by atoms with Crippen molar-refractivity contribution in [2.75, 3.05) is 0 Å². The minimum absolute atomic E-state index is 0.0406. The van der Waals surface area contributed by atoms with E-state index in [1.165, 1.54) is 25.1 Å². The fourth-order valence-electron chi connectivity index (χ4n) is 3.20. The molecule has 3 N–H and O–H groups in total. The Morgan fingerprint density at radius 2 is 1.59 bits per heavy atom. The minimum atomic E-state index is -1.17. The molecule has 0 aliphatic rings. The van der Waals surface area contributed by atoms with Crippen molar-refractivity contribution in [3.63, 3.8) is 0 Å². The number of amides is 2. The number of rotatable bonds is 8. The molecule has 2 amide bonds. The van der Waals surface area contributed by atoms with Crippen molar-refractivity contribution in [2.24, 2.45) is 0 Å². The molecule has 0 saturated carbocycles. The molecule has 0 spiro atoms. The van der Waals surface area contributed by atoms with Crippen LogP contribution in [0.25, 0.3) is 0 Å². The first-order chi connectivity index (χ1) is 13.7. The van der Waals surface area contributed by atoms with E-state index in [4.69, 9.17) is 0 Å². The molecule has 0 unspecified atom stereocenters. The molecule has 2 aromatic carbocycles. The van der Waals surface area contributed by atoms with Crippen molar-refractivity contribution in [3.05, 3.63) is 70.5 Å². The Morgan fingerprint density at radius 1 is 0.966 bits per heavy atom. The predicted octanol–water partition coefficient (Wildman–Crippen LogP) is 2.30.